The molecule has 156 valence electrons. The fourth-order valence-corrected chi connectivity index (χ4v) is 3.55. The molecule has 1 aliphatic rings. The van der Waals surface area contributed by atoms with E-state index < -0.39 is 0 Å². The smallest absolute Gasteiger partial charge is 0.255 e. The van der Waals surface area contributed by atoms with Crippen LogP contribution in [0.4, 0.5) is 10.1 Å². The van der Waals surface area contributed by atoms with Crippen molar-refractivity contribution in [3.05, 3.63) is 53.8 Å². The molecule has 7 heteroatoms. The predicted octanol–water partition coefficient (Wildman–Crippen LogP) is 2.79. The number of para-hydroxylation sites is 1. The van der Waals surface area contributed by atoms with Crippen LogP contribution >= 0.6 is 0 Å². The van der Waals surface area contributed by atoms with Crippen LogP contribution in [0.15, 0.2) is 42.5 Å². The maximum Gasteiger partial charge on any atom is 0.255 e. The van der Waals surface area contributed by atoms with Gasteiger partial charge >= 0.3 is 0 Å². The maximum absolute atomic E-state index is 13.1. The van der Waals surface area contributed by atoms with Crippen molar-refractivity contribution in [1.82, 2.24) is 10.2 Å². The minimum Gasteiger partial charge on any atom is -0.493 e. The van der Waals surface area contributed by atoms with E-state index in [4.69, 9.17) is 9.47 Å². The lowest BCUT2D eigenvalue weighted by Crippen LogP contribution is -2.47. The zero-order valence-electron chi connectivity index (χ0n) is 17.0. The Morgan fingerprint density at radius 3 is 2.41 bits per heavy atom. The first-order valence-electron chi connectivity index (χ1n) is 9.84. The van der Waals surface area contributed by atoms with Gasteiger partial charge in [0.1, 0.15) is 5.82 Å². The second-order valence-corrected chi connectivity index (χ2v) is 6.96. The molecule has 0 aliphatic carbocycles. The molecule has 0 radical (unpaired) electrons. The van der Waals surface area contributed by atoms with Crippen molar-refractivity contribution in [2.24, 2.45) is 0 Å². The quantitative estimate of drug-likeness (QED) is 0.690. The highest BCUT2D eigenvalue weighted by Crippen LogP contribution is 2.30. The molecule has 1 aliphatic heterocycles. The van der Waals surface area contributed by atoms with Crippen LogP contribution in [-0.2, 0) is 0 Å². The minimum absolute atomic E-state index is 0.165. The summed E-state index contributed by atoms with van der Waals surface area (Å²) in [5.41, 5.74) is 1.53. The Morgan fingerprint density at radius 2 is 1.76 bits per heavy atom. The molecule has 1 fully saturated rings. The topological polar surface area (TPSA) is 54.0 Å². The Labute approximate surface area is 171 Å². The molecule has 0 atom stereocenters. The van der Waals surface area contributed by atoms with Crippen LogP contribution in [0, 0.1) is 5.82 Å². The lowest BCUT2D eigenvalue weighted by molar-refractivity contribution is 0.0947. The van der Waals surface area contributed by atoms with E-state index in [0.717, 1.165) is 44.8 Å². The van der Waals surface area contributed by atoms with Gasteiger partial charge in [0.2, 0.25) is 0 Å². The van der Waals surface area contributed by atoms with Crippen LogP contribution in [-0.4, -0.2) is 64.3 Å². The summed E-state index contributed by atoms with van der Waals surface area (Å²) in [7, 11) is 3.08. The third kappa shape index (κ3) is 5.38. The monoisotopic (exact) mass is 401 g/mol. The summed E-state index contributed by atoms with van der Waals surface area (Å²) in [4.78, 5) is 17.1. The highest BCUT2D eigenvalue weighted by Gasteiger charge is 2.18. The van der Waals surface area contributed by atoms with Crippen molar-refractivity contribution < 1.29 is 18.7 Å². The van der Waals surface area contributed by atoms with Crippen LogP contribution in [0.1, 0.15) is 16.8 Å². The van der Waals surface area contributed by atoms with Crippen molar-refractivity contribution in [1.29, 1.82) is 0 Å². The van der Waals surface area contributed by atoms with Crippen LogP contribution in [0.25, 0.3) is 0 Å². The molecule has 1 amide bonds. The van der Waals surface area contributed by atoms with E-state index >= 15 is 0 Å². The molecular formula is C22H28FN3O3. The van der Waals surface area contributed by atoms with Gasteiger partial charge in [0.05, 0.1) is 19.8 Å². The second-order valence-electron chi connectivity index (χ2n) is 6.96. The molecule has 0 saturated carbocycles. The van der Waals surface area contributed by atoms with Crippen LogP contribution in [0.5, 0.6) is 11.5 Å². The van der Waals surface area contributed by atoms with Gasteiger partial charge < -0.3 is 19.7 Å². The number of nitrogens with one attached hydrogen (secondary N) is 1. The maximum atomic E-state index is 13.1. The summed E-state index contributed by atoms with van der Waals surface area (Å²) in [6, 6.07) is 11.9. The number of carbonyl (C=O) groups excluding carboxylic acids is 1. The van der Waals surface area contributed by atoms with E-state index in [1.807, 2.05) is 12.1 Å². The van der Waals surface area contributed by atoms with E-state index in [1.165, 1.54) is 19.2 Å². The molecule has 3 rings (SSSR count). The molecule has 6 nitrogen and oxygen atoms in total. The highest BCUT2D eigenvalue weighted by atomic mass is 19.1. The Hall–Kier alpha value is -2.80. The molecular weight excluding hydrogens is 373 g/mol. The van der Waals surface area contributed by atoms with E-state index in [9.17, 15) is 9.18 Å². The number of benzene rings is 2. The second kappa shape index (κ2) is 10.1. The summed E-state index contributed by atoms with van der Waals surface area (Å²) in [5, 5.41) is 2.96. The zero-order chi connectivity index (χ0) is 20.6. The number of methoxy groups -OCH3 is 2. The van der Waals surface area contributed by atoms with Gasteiger partial charge in [-0.2, -0.15) is 0 Å². The lowest BCUT2D eigenvalue weighted by atomic mass is 10.1. The predicted molar refractivity (Wildman–Crippen MR) is 112 cm³/mol. The Kier molecular flexibility index (Phi) is 7.30. The molecule has 1 saturated heterocycles. The van der Waals surface area contributed by atoms with Crippen molar-refractivity contribution in [2.45, 2.75) is 6.42 Å². The Morgan fingerprint density at radius 1 is 1.03 bits per heavy atom. The Bertz CT molecular complexity index is 805. The van der Waals surface area contributed by atoms with E-state index in [1.54, 1.807) is 25.3 Å². The van der Waals surface area contributed by atoms with E-state index in [-0.39, 0.29) is 11.7 Å². The average Bonchev–Trinajstić information content (AvgIpc) is 2.77. The summed E-state index contributed by atoms with van der Waals surface area (Å²) in [5.74, 6) is 0.617. The average molecular weight is 401 g/mol. The first-order valence-corrected chi connectivity index (χ1v) is 9.84. The lowest BCUT2D eigenvalue weighted by Gasteiger charge is -2.36. The number of hydrogen-bond donors (Lipinski definition) is 1. The fraction of sp³-hybridized carbons (Fsp3) is 0.409. The SMILES string of the molecule is COc1cccc(C(=O)NCCCN2CCN(c3ccc(F)cc3)CC2)c1OC. The number of piperazine rings is 1. The number of halogens is 1. The number of carbonyl (C=O) groups is 1. The summed E-state index contributed by atoms with van der Waals surface area (Å²) < 4.78 is 23.6. The van der Waals surface area contributed by atoms with Gasteiger partial charge in [-0.3, -0.25) is 9.69 Å². The fourth-order valence-electron chi connectivity index (χ4n) is 3.55. The molecule has 1 heterocycles. The normalized spacial score (nSPS) is 14.5. The zero-order valence-corrected chi connectivity index (χ0v) is 17.0. The molecule has 2 aromatic carbocycles. The minimum atomic E-state index is -0.207. The molecule has 0 spiro atoms. The van der Waals surface area contributed by atoms with Crippen molar-refractivity contribution in [3.8, 4) is 11.5 Å². The van der Waals surface area contributed by atoms with E-state index in [2.05, 4.69) is 15.1 Å². The number of rotatable bonds is 8. The van der Waals surface area contributed by atoms with Crippen LogP contribution in [0.2, 0.25) is 0 Å². The largest absolute Gasteiger partial charge is 0.493 e. The standard InChI is InChI=1S/C22H28FN3O3/c1-28-20-6-3-5-19(21(20)29-2)22(27)24-11-4-12-25-13-15-26(16-14-25)18-9-7-17(23)8-10-18/h3,5-10H,4,11-16H2,1-2H3,(H,24,27). The summed E-state index contributed by atoms with van der Waals surface area (Å²) in [6.07, 6.45) is 0.870. The number of ether oxygens (including phenoxy) is 2. The van der Waals surface area contributed by atoms with Crippen molar-refractivity contribution in [2.75, 3.05) is 58.4 Å². The summed E-state index contributed by atoms with van der Waals surface area (Å²) in [6.45, 7) is 5.26. The molecule has 0 bridgehead atoms. The molecule has 0 unspecified atom stereocenters. The van der Waals surface area contributed by atoms with Gasteiger partial charge in [0.15, 0.2) is 11.5 Å². The van der Waals surface area contributed by atoms with Gasteiger partial charge in [-0.25, -0.2) is 4.39 Å². The number of amides is 1. The van der Waals surface area contributed by atoms with Crippen LogP contribution in [0.3, 0.4) is 0 Å². The first kappa shape index (κ1) is 20.9. The van der Waals surface area contributed by atoms with Gasteiger partial charge in [-0.1, -0.05) is 6.07 Å². The molecule has 0 aromatic heterocycles. The number of anilines is 1. The van der Waals surface area contributed by atoms with Crippen LogP contribution < -0.4 is 19.7 Å². The van der Waals surface area contributed by atoms with Gasteiger partial charge in [-0.15, -0.1) is 0 Å². The molecule has 29 heavy (non-hydrogen) atoms. The van der Waals surface area contributed by atoms with E-state index in [0.29, 0.717) is 23.6 Å². The van der Waals surface area contributed by atoms with Gasteiger partial charge in [-0.05, 0) is 49.4 Å². The first-order chi connectivity index (χ1) is 14.1. The van der Waals surface area contributed by atoms with Crippen molar-refractivity contribution in [3.63, 3.8) is 0 Å². The highest BCUT2D eigenvalue weighted by molar-refractivity contribution is 5.97. The van der Waals surface area contributed by atoms with Crippen molar-refractivity contribution >= 4 is 11.6 Å². The third-order valence-corrected chi connectivity index (χ3v) is 5.15. The number of hydrogen-bond acceptors (Lipinski definition) is 5. The Balaban J connectivity index is 1.40. The third-order valence-electron chi connectivity index (χ3n) is 5.15. The summed E-state index contributed by atoms with van der Waals surface area (Å²) >= 11 is 0. The van der Waals surface area contributed by atoms with Gasteiger partial charge in [0, 0.05) is 38.4 Å². The number of nitrogens with zero attached hydrogens (tertiary/aromatic N) is 2. The molecule has 2 aromatic rings. The van der Waals surface area contributed by atoms with Gasteiger partial charge in [0.25, 0.3) is 5.91 Å². The molecule has 1 N–H and O–H groups in total.